The molecule has 6 nitrogen and oxygen atoms in total. The Kier molecular flexibility index (Phi) is 7.30. The summed E-state index contributed by atoms with van der Waals surface area (Å²) in [6.45, 7) is 12.2. The molecule has 0 N–H and O–H groups in total. The molecular formula is C25H36N6. The van der Waals surface area contributed by atoms with E-state index in [-0.39, 0.29) is 0 Å². The number of aryl methyl sites for hydroxylation is 1. The number of aromatic nitrogens is 2. The van der Waals surface area contributed by atoms with E-state index in [1.807, 2.05) is 6.21 Å². The Morgan fingerprint density at radius 2 is 1.68 bits per heavy atom. The SMILES string of the molecule is CCc1c(C)nc(-c2ccc(N3CCN(C)CC3)cc2)nc1N=CCCN1CCCC1. The highest BCUT2D eigenvalue weighted by Crippen LogP contribution is 2.26. The van der Waals surface area contributed by atoms with Crippen LogP contribution in [0.1, 0.15) is 37.4 Å². The molecule has 2 aliphatic rings. The second kappa shape index (κ2) is 10.3. The maximum atomic E-state index is 4.85. The van der Waals surface area contributed by atoms with Gasteiger partial charge in [-0.05, 0) is 77.0 Å². The van der Waals surface area contributed by atoms with Crippen molar-refractivity contribution in [1.82, 2.24) is 19.8 Å². The first-order chi connectivity index (χ1) is 15.1. The third kappa shape index (κ3) is 5.49. The van der Waals surface area contributed by atoms with Gasteiger partial charge in [0, 0.05) is 61.4 Å². The molecular weight excluding hydrogens is 384 g/mol. The van der Waals surface area contributed by atoms with Crippen molar-refractivity contribution in [2.75, 3.05) is 57.8 Å². The van der Waals surface area contributed by atoms with Crippen molar-refractivity contribution >= 4 is 17.7 Å². The van der Waals surface area contributed by atoms with Gasteiger partial charge in [-0.15, -0.1) is 0 Å². The smallest absolute Gasteiger partial charge is 0.161 e. The Morgan fingerprint density at radius 3 is 2.35 bits per heavy atom. The van der Waals surface area contributed by atoms with E-state index in [0.29, 0.717) is 0 Å². The summed E-state index contributed by atoms with van der Waals surface area (Å²) in [6.07, 6.45) is 6.58. The van der Waals surface area contributed by atoms with Gasteiger partial charge in [-0.1, -0.05) is 6.92 Å². The molecule has 0 bridgehead atoms. The van der Waals surface area contributed by atoms with Gasteiger partial charge in [-0.2, -0.15) is 0 Å². The molecule has 0 atom stereocenters. The van der Waals surface area contributed by atoms with Crippen molar-refractivity contribution < 1.29 is 0 Å². The van der Waals surface area contributed by atoms with Crippen LogP contribution in [0.3, 0.4) is 0 Å². The van der Waals surface area contributed by atoms with E-state index in [1.54, 1.807) is 0 Å². The number of benzene rings is 1. The number of hydrogen-bond acceptors (Lipinski definition) is 6. The average molecular weight is 421 g/mol. The van der Waals surface area contributed by atoms with Gasteiger partial charge < -0.3 is 14.7 Å². The second-order valence-corrected chi connectivity index (χ2v) is 8.77. The van der Waals surface area contributed by atoms with Gasteiger partial charge >= 0.3 is 0 Å². The molecule has 0 saturated carbocycles. The predicted molar refractivity (Wildman–Crippen MR) is 130 cm³/mol. The molecule has 0 radical (unpaired) electrons. The van der Waals surface area contributed by atoms with Crippen molar-refractivity contribution in [3.8, 4) is 11.4 Å². The van der Waals surface area contributed by atoms with Gasteiger partial charge in [0.25, 0.3) is 0 Å². The fourth-order valence-corrected chi connectivity index (χ4v) is 4.51. The number of aliphatic imine (C=N–C) groups is 1. The number of likely N-dealkylation sites (N-methyl/N-ethyl adjacent to an activating group) is 1. The summed E-state index contributed by atoms with van der Waals surface area (Å²) in [4.78, 5) is 21.8. The standard InChI is InChI=1S/C25H36N6/c1-4-23-20(2)27-24(28-25(23)26-12-7-15-30-13-5-6-14-30)21-8-10-22(11-9-21)31-18-16-29(3)17-19-31/h8-12H,4-7,13-19H2,1-3H3. The molecule has 1 aromatic carbocycles. The first-order valence-electron chi connectivity index (χ1n) is 11.8. The topological polar surface area (TPSA) is 47.9 Å². The number of likely N-dealkylation sites (tertiary alicyclic amines) is 1. The van der Waals surface area contributed by atoms with E-state index in [4.69, 9.17) is 15.0 Å². The molecule has 0 spiro atoms. The van der Waals surface area contributed by atoms with Crippen LogP contribution in [-0.2, 0) is 6.42 Å². The zero-order valence-corrected chi connectivity index (χ0v) is 19.3. The van der Waals surface area contributed by atoms with Gasteiger partial charge in [0.05, 0.1) is 0 Å². The van der Waals surface area contributed by atoms with Crippen LogP contribution in [0.4, 0.5) is 11.5 Å². The van der Waals surface area contributed by atoms with Crippen molar-refractivity contribution in [3.63, 3.8) is 0 Å². The first-order valence-corrected chi connectivity index (χ1v) is 11.8. The lowest BCUT2D eigenvalue weighted by Gasteiger charge is -2.34. The number of hydrogen-bond donors (Lipinski definition) is 0. The van der Waals surface area contributed by atoms with Crippen LogP contribution < -0.4 is 4.90 Å². The van der Waals surface area contributed by atoms with Crippen molar-refractivity contribution in [1.29, 1.82) is 0 Å². The quantitative estimate of drug-likeness (QED) is 0.635. The van der Waals surface area contributed by atoms with Crippen molar-refractivity contribution in [2.24, 2.45) is 4.99 Å². The number of rotatable bonds is 7. The zero-order valence-electron chi connectivity index (χ0n) is 19.3. The first kappa shape index (κ1) is 21.9. The van der Waals surface area contributed by atoms with E-state index in [0.717, 1.165) is 74.0 Å². The molecule has 0 aliphatic carbocycles. The Labute approximate surface area is 187 Å². The molecule has 6 heteroatoms. The molecule has 31 heavy (non-hydrogen) atoms. The van der Waals surface area contributed by atoms with E-state index >= 15 is 0 Å². The van der Waals surface area contributed by atoms with E-state index in [1.165, 1.54) is 31.6 Å². The van der Waals surface area contributed by atoms with Crippen molar-refractivity contribution in [3.05, 3.63) is 35.5 Å². The Hall–Kier alpha value is -2.31. The van der Waals surface area contributed by atoms with Crippen LogP contribution in [0, 0.1) is 6.92 Å². The highest BCUT2D eigenvalue weighted by Gasteiger charge is 2.15. The molecule has 2 saturated heterocycles. The van der Waals surface area contributed by atoms with Gasteiger partial charge in [0.2, 0.25) is 0 Å². The molecule has 0 unspecified atom stereocenters. The number of nitrogens with zero attached hydrogens (tertiary/aromatic N) is 6. The monoisotopic (exact) mass is 420 g/mol. The van der Waals surface area contributed by atoms with Crippen LogP contribution in [0.15, 0.2) is 29.3 Å². The second-order valence-electron chi connectivity index (χ2n) is 8.77. The lowest BCUT2D eigenvalue weighted by molar-refractivity contribution is 0.313. The lowest BCUT2D eigenvalue weighted by Crippen LogP contribution is -2.44. The highest BCUT2D eigenvalue weighted by atomic mass is 15.2. The Bertz CT molecular complexity index is 878. The minimum absolute atomic E-state index is 0.770. The van der Waals surface area contributed by atoms with Crippen LogP contribution in [0.5, 0.6) is 0 Å². The van der Waals surface area contributed by atoms with Crippen LogP contribution in [-0.4, -0.2) is 78.8 Å². The fraction of sp³-hybridized carbons (Fsp3) is 0.560. The summed E-state index contributed by atoms with van der Waals surface area (Å²) in [5.74, 6) is 1.60. The molecule has 2 aromatic rings. The van der Waals surface area contributed by atoms with Crippen molar-refractivity contribution in [2.45, 2.75) is 39.5 Å². The van der Waals surface area contributed by atoms with E-state index in [2.05, 4.69) is 59.9 Å². The lowest BCUT2D eigenvalue weighted by atomic mass is 10.1. The maximum absolute atomic E-state index is 4.85. The van der Waals surface area contributed by atoms with Crippen LogP contribution >= 0.6 is 0 Å². The van der Waals surface area contributed by atoms with E-state index in [9.17, 15) is 0 Å². The third-order valence-electron chi connectivity index (χ3n) is 6.53. The molecule has 0 amide bonds. The number of piperazine rings is 1. The summed E-state index contributed by atoms with van der Waals surface area (Å²) in [5.41, 5.74) is 4.51. The summed E-state index contributed by atoms with van der Waals surface area (Å²) in [5, 5.41) is 0. The molecule has 166 valence electrons. The van der Waals surface area contributed by atoms with Gasteiger partial charge in [0.1, 0.15) is 0 Å². The highest BCUT2D eigenvalue weighted by molar-refractivity contribution is 5.66. The predicted octanol–water partition coefficient (Wildman–Crippen LogP) is 3.95. The fourth-order valence-electron chi connectivity index (χ4n) is 4.51. The molecule has 3 heterocycles. The Balaban J connectivity index is 1.48. The minimum Gasteiger partial charge on any atom is -0.369 e. The summed E-state index contributed by atoms with van der Waals surface area (Å²) >= 11 is 0. The molecule has 4 rings (SSSR count). The summed E-state index contributed by atoms with van der Waals surface area (Å²) in [6, 6.07) is 8.70. The average Bonchev–Trinajstić information content (AvgIpc) is 3.31. The van der Waals surface area contributed by atoms with E-state index < -0.39 is 0 Å². The minimum atomic E-state index is 0.770. The molecule has 2 aliphatic heterocycles. The Morgan fingerprint density at radius 1 is 0.968 bits per heavy atom. The molecule has 2 fully saturated rings. The van der Waals surface area contributed by atoms with Crippen LogP contribution in [0.25, 0.3) is 11.4 Å². The zero-order chi connectivity index (χ0) is 21.6. The maximum Gasteiger partial charge on any atom is 0.161 e. The van der Waals surface area contributed by atoms with Gasteiger partial charge in [0.15, 0.2) is 11.6 Å². The summed E-state index contributed by atoms with van der Waals surface area (Å²) in [7, 11) is 2.19. The largest absolute Gasteiger partial charge is 0.369 e. The number of anilines is 1. The normalized spacial score (nSPS) is 18.4. The van der Waals surface area contributed by atoms with Crippen LogP contribution in [0.2, 0.25) is 0 Å². The third-order valence-corrected chi connectivity index (χ3v) is 6.53. The van der Waals surface area contributed by atoms with Gasteiger partial charge in [-0.3, -0.25) is 0 Å². The summed E-state index contributed by atoms with van der Waals surface area (Å²) < 4.78 is 0. The van der Waals surface area contributed by atoms with Gasteiger partial charge in [-0.25, -0.2) is 15.0 Å². The molecule has 1 aromatic heterocycles.